The van der Waals surface area contributed by atoms with Crippen molar-refractivity contribution in [3.8, 4) is 45.5 Å². The summed E-state index contributed by atoms with van der Waals surface area (Å²) in [4.78, 5) is 15.9. The van der Waals surface area contributed by atoms with Crippen molar-refractivity contribution in [2.75, 3.05) is 0 Å². The second-order valence-corrected chi connectivity index (χ2v) is 17.3. The van der Waals surface area contributed by atoms with Gasteiger partial charge in [-0.25, -0.2) is 4.98 Å². The number of furan rings is 1. The van der Waals surface area contributed by atoms with Crippen molar-refractivity contribution >= 4 is 65.6 Å². The van der Waals surface area contributed by atoms with Gasteiger partial charge in [-0.3, -0.25) is 4.57 Å². The van der Waals surface area contributed by atoms with E-state index in [1.807, 2.05) is 18.2 Å². The Balaban J connectivity index is 1.08. The fourth-order valence-electron chi connectivity index (χ4n) is 9.85. The van der Waals surface area contributed by atoms with Crippen LogP contribution in [0.1, 0.15) is 50.7 Å². The Morgan fingerprint density at radius 1 is 0.385 bits per heavy atom. The Morgan fingerprint density at radius 2 is 0.954 bits per heavy atom. The lowest BCUT2D eigenvalue weighted by molar-refractivity contribution is 0.668. The van der Waals surface area contributed by atoms with Crippen LogP contribution in [-0.2, 0) is 12.8 Å². The predicted molar refractivity (Wildman–Crippen MR) is 269 cm³/mol. The number of aryl methyl sites for hydroxylation is 2. The highest BCUT2D eigenvalue weighted by atomic mass is 16.3. The molecule has 0 amide bonds. The molecule has 0 saturated carbocycles. The molecule has 0 saturated heterocycles. The standard InChI is InChI=1S/C59H47N5O/c1-3-5-16-38-18-14-21-41(32-38)42-22-15-23-43(34-42)58-60-57(40-19-8-7-9-20-40)61-59(62-58)64-52-27-13-11-25-46(52)48-36-47-45-24-10-12-26-51(45)63(53(47)37-54(48)64)44-29-31-56-50(35-44)49-33-39(17-6-4-2)28-30-55(49)65-56/h7-15,18-37H,3-6,16-17H2,1-2H3. The first-order valence-corrected chi connectivity index (χ1v) is 23.1. The Hall–Kier alpha value is -7.83. The molecule has 12 rings (SSSR count). The molecule has 0 aliphatic rings. The summed E-state index contributed by atoms with van der Waals surface area (Å²) in [5, 5.41) is 6.94. The van der Waals surface area contributed by atoms with E-state index >= 15 is 0 Å². The molecule has 4 heterocycles. The molecule has 8 aromatic carbocycles. The van der Waals surface area contributed by atoms with Gasteiger partial charge in [0.1, 0.15) is 11.2 Å². The summed E-state index contributed by atoms with van der Waals surface area (Å²) in [6.45, 7) is 4.49. The molecule has 6 heteroatoms. The van der Waals surface area contributed by atoms with Crippen LogP contribution >= 0.6 is 0 Å². The summed E-state index contributed by atoms with van der Waals surface area (Å²) in [6.07, 6.45) is 6.81. The molecular weight excluding hydrogens is 795 g/mol. The van der Waals surface area contributed by atoms with E-state index < -0.39 is 0 Å². The molecule has 0 spiro atoms. The minimum absolute atomic E-state index is 0.569. The Labute approximate surface area is 377 Å². The van der Waals surface area contributed by atoms with Crippen molar-refractivity contribution in [2.45, 2.75) is 52.4 Å². The second-order valence-electron chi connectivity index (χ2n) is 17.3. The maximum atomic E-state index is 6.41. The molecule has 0 fully saturated rings. The van der Waals surface area contributed by atoms with Crippen LogP contribution in [0.2, 0.25) is 0 Å². The molecule has 0 aliphatic heterocycles. The monoisotopic (exact) mass is 841 g/mol. The minimum atomic E-state index is 0.569. The van der Waals surface area contributed by atoms with Gasteiger partial charge in [0.05, 0.1) is 22.1 Å². The van der Waals surface area contributed by atoms with Gasteiger partial charge in [0.25, 0.3) is 0 Å². The molecule has 314 valence electrons. The molecule has 0 radical (unpaired) electrons. The van der Waals surface area contributed by atoms with E-state index in [0.29, 0.717) is 17.6 Å². The number of para-hydroxylation sites is 2. The van der Waals surface area contributed by atoms with Crippen LogP contribution in [0, 0.1) is 0 Å². The summed E-state index contributed by atoms with van der Waals surface area (Å²) in [5.41, 5.74) is 14.1. The van der Waals surface area contributed by atoms with Crippen LogP contribution in [0.4, 0.5) is 0 Å². The molecule has 65 heavy (non-hydrogen) atoms. The summed E-state index contributed by atoms with van der Waals surface area (Å²) in [6, 6.07) is 63.1. The van der Waals surface area contributed by atoms with Gasteiger partial charge in [0, 0.05) is 49.1 Å². The van der Waals surface area contributed by atoms with Gasteiger partial charge in [-0.1, -0.05) is 142 Å². The van der Waals surface area contributed by atoms with Gasteiger partial charge in [0.2, 0.25) is 5.95 Å². The minimum Gasteiger partial charge on any atom is -0.456 e. The van der Waals surface area contributed by atoms with Crippen LogP contribution < -0.4 is 0 Å². The zero-order valence-corrected chi connectivity index (χ0v) is 36.6. The average molecular weight is 842 g/mol. The number of rotatable bonds is 11. The third-order valence-corrected chi connectivity index (χ3v) is 13.1. The van der Waals surface area contributed by atoms with Crippen molar-refractivity contribution in [1.29, 1.82) is 0 Å². The molecule has 0 aliphatic carbocycles. The topological polar surface area (TPSA) is 61.7 Å². The molecule has 12 aromatic rings. The van der Waals surface area contributed by atoms with Gasteiger partial charge in [-0.15, -0.1) is 0 Å². The van der Waals surface area contributed by atoms with E-state index in [0.717, 1.165) is 90.0 Å². The second kappa shape index (κ2) is 16.1. The van der Waals surface area contributed by atoms with E-state index in [1.54, 1.807) is 0 Å². The molecule has 0 atom stereocenters. The summed E-state index contributed by atoms with van der Waals surface area (Å²) in [5.74, 6) is 1.81. The summed E-state index contributed by atoms with van der Waals surface area (Å²) >= 11 is 0. The number of benzene rings is 8. The third kappa shape index (κ3) is 6.76. The number of fused-ring (bicyclic) bond motifs is 9. The van der Waals surface area contributed by atoms with E-state index in [1.165, 1.54) is 53.1 Å². The molecular formula is C59H47N5O. The Kier molecular flexibility index (Phi) is 9.59. The number of unbranched alkanes of at least 4 members (excludes halogenated alkanes) is 2. The highest BCUT2D eigenvalue weighted by molar-refractivity contribution is 6.19. The zero-order chi connectivity index (χ0) is 43.4. The van der Waals surface area contributed by atoms with Crippen LogP contribution in [0.25, 0.3) is 111 Å². The molecule has 0 N–H and O–H groups in total. The van der Waals surface area contributed by atoms with Gasteiger partial charge in [0.15, 0.2) is 11.6 Å². The Morgan fingerprint density at radius 3 is 1.69 bits per heavy atom. The molecule has 4 aromatic heterocycles. The lowest BCUT2D eigenvalue weighted by Gasteiger charge is -2.12. The van der Waals surface area contributed by atoms with Crippen LogP contribution in [-0.4, -0.2) is 24.1 Å². The van der Waals surface area contributed by atoms with E-state index in [2.05, 4.69) is 181 Å². The highest BCUT2D eigenvalue weighted by Gasteiger charge is 2.22. The Bertz CT molecular complexity index is 3760. The molecule has 0 bridgehead atoms. The average Bonchev–Trinajstić information content (AvgIpc) is 4.01. The lowest BCUT2D eigenvalue weighted by Crippen LogP contribution is -2.06. The van der Waals surface area contributed by atoms with E-state index in [-0.39, 0.29) is 0 Å². The summed E-state index contributed by atoms with van der Waals surface area (Å²) in [7, 11) is 0. The molecule has 0 unspecified atom stereocenters. The van der Waals surface area contributed by atoms with E-state index in [9.17, 15) is 0 Å². The van der Waals surface area contributed by atoms with Crippen molar-refractivity contribution in [1.82, 2.24) is 24.1 Å². The number of aromatic nitrogens is 5. The van der Waals surface area contributed by atoms with Crippen LogP contribution in [0.3, 0.4) is 0 Å². The quantitative estimate of drug-likeness (QED) is 0.130. The van der Waals surface area contributed by atoms with Crippen molar-refractivity contribution in [3.05, 3.63) is 187 Å². The van der Waals surface area contributed by atoms with Crippen molar-refractivity contribution in [2.24, 2.45) is 0 Å². The van der Waals surface area contributed by atoms with Gasteiger partial charge in [-0.05, 0) is 109 Å². The first kappa shape index (κ1) is 38.8. The van der Waals surface area contributed by atoms with Crippen molar-refractivity contribution < 1.29 is 4.42 Å². The van der Waals surface area contributed by atoms with Crippen molar-refractivity contribution in [3.63, 3.8) is 0 Å². The number of hydrogen-bond acceptors (Lipinski definition) is 4. The fraction of sp³-hybridized carbons (Fsp3) is 0.136. The number of nitrogens with zero attached hydrogens (tertiary/aromatic N) is 5. The van der Waals surface area contributed by atoms with Gasteiger partial charge < -0.3 is 8.98 Å². The predicted octanol–water partition coefficient (Wildman–Crippen LogP) is 15.7. The molecule has 6 nitrogen and oxygen atoms in total. The summed E-state index contributed by atoms with van der Waals surface area (Å²) < 4.78 is 11.0. The highest BCUT2D eigenvalue weighted by Crippen LogP contribution is 2.41. The normalized spacial score (nSPS) is 11.9. The maximum Gasteiger partial charge on any atom is 0.238 e. The van der Waals surface area contributed by atoms with Crippen LogP contribution in [0.5, 0.6) is 0 Å². The lowest BCUT2D eigenvalue weighted by atomic mass is 9.99. The third-order valence-electron chi connectivity index (χ3n) is 13.1. The fourth-order valence-corrected chi connectivity index (χ4v) is 9.85. The first-order chi connectivity index (χ1) is 32.1. The van der Waals surface area contributed by atoms with E-state index in [4.69, 9.17) is 19.4 Å². The SMILES string of the molecule is CCCCc1cccc(-c2cccc(-c3nc(-c4ccccc4)nc(-n4c5ccccc5c5cc6c7ccccc7n(-c7ccc8oc9ccc(CCCC)cc9c8c7)c6cc54)n3)c2)c1. The first-order valence-electron chi connectivity index (χ1n) is 23.1. The zero-order valence-electron chi connectivity index (χ0n) is 36.6. The largest absolute Gasteiger partial charge is 0.456 e. The smallest absolute Gasteiger partial charge is 0.238 e. The van der Waals surface area contributed by atoms with Gasteiger partial charge >= 0.3 is 0 Å². The van der Waals surface area contributed by atoms with Crippen LogP contribution in [0.15, 0.2) is 180 Å². The maximum absolute atomic E-state index is 6.41. The number of hydrogen-bond donors (Lipinski definition) is 0. The van der Waals surface area contributed by atoms with Gasteiger partial charge in [-0.2, -0.15) is 9.97 Å².